The van der Waals surface area contributed by atoms with Crippen molar-refractivity contribution in [3.05, 3.63) is 0 Å². The molecule has 2 saturated heterocycles. The lowest BCUT2D eigenvalue weighted by Gasteiger charge is -2.61. The molecule has 0 aliphatic carbocycles. The predicted molar refractivity (Wildman–Crippen MR) is 117 cm³/mol. The molecule has 4 nitrogen and oxygen atoms in total. The van der Waals surface area contributed by atoms with Crippen LogP contribution in [0.3, 0.4) is 0 Å². The van der Waals surface area contributed by atoms with Crippen LogP contribution in [-0.4, -0.2) is 87.1 Å². The standard InChI is InChI=1S/C23H50N4/c1-13-26(14-2)18-21(9,10)25(20(7)8)23(26)24(19(5)6)17-22(11,12)27(23,15-3)16-4/h19-20H,13-18H2,1-12H3/q+2. The first kappa shape index (κ1) is 23.1. The molecule has 2 heterocycles. The van der Waals surface area contributed by atoms with Crippen LogP contribution < -0.4 is 0 Å². The van der Waals surface area contributed by atoms with Gasteiger partial charge < -0.3 is 0 Å². The van der Waals surface area contributed by atoms with Crippen molar-refractivity contribution >= 4 is 0 Å². The zero-order valence-corrected chi connectivity index (χ0v) is 20.7. The molecular formula is C23H50N4+2. The molecule has 27 heavy (non-hydrogen) atoms. The van der Waals surface area contributed by atoms with E-state index in [0.717, 1.165) is 0 Å². The monoisotopic (exact) mass is 382 g/mol. The maximum atomic E-state index is 2.95. The highest BCUT2D eigenvalue weighted by Gasteiger charge is 2.84. The van der Waals surface area contributed by atoms with Crippen LogP contribution in [0, 0.1) is 0 Å². The molecule has 2 fully saturated rings. The second-order valence-electron chi connectivity index (χ2n) is 10.9. The van der Waals surface area contributed by atoms with Crippen molar-refractivity contribution in [3.63, 3.8) is 0 Å². The van der Waals surface area contributed by atoms with Crippen LogP contribution in [0.4, 0.5) is 0 Å². The Hall–Kier alpha value is -0.160. The molecule has 0 aromatic rings. The fraction of sp³-hybridized carbons (Fsp3) is 1.00. The fourth-order valence-corrected chi connectivity index (χ4v) is 7.84. The molecule has 0 saturated carbocycles. The van der Waals surface area contributed by atoms with Gasteiger partial charge in [0.25, 0.3) is 0 Å². The van der Waals surface area contributed by atoms with Gasteiger partial charge in [0, 0.05) is 12.1 Å². The molecule has 0 aromatic carbocycles. The Morgan fingerprint density at radius 2 is 1.26 bits per heavy atom. The number of hydrogen-bond donors (Lipinski definition) is 0. The third-order valence-electron chi connectivity index (χ3n) is 8.41. The Bertz CT molecular complexity index is 528. The average Bonchev–Trinajstić information content (AvgIpc) is 2.91. The van der Waals surface area contributed by atoms with Crippen LogP contribution in [0.25, 0.3) is 0 Å². The van der Waals surface area contributed by atoms with E-state index < -0.39 is 0 Å². The lowest BCUT2D eigenvalue weighted by Crippen LogP contribution is -2.86. The van der Waals surface area contributed by atoms with Gasteiger partial charge in [-0.05, 0) is 83.1 Å². The second-order valence-corrected chi connectivity index (χ2v) is 10.9. The van der Waals surface area contributed by atoms with Crippen LogP contribution in [0.2, 0.25) is 0 Å². The van der Waals surface area contributed by atoms with Crippen molar-refractivity contribution in [3.8, 4) is 0 Å². The molecule has 0 amide bonds. The van der Waals surface area contributed by atoms with Gasteiger partial charge in [-0.1, -0.05) is 0 Å². The largest absolute Gasteiger partial charge is 0.358 e. The van der Waals surface area contributed by atoms with Crippen LogP contribution >= 0.6 is 0 Å². The van der Waals surface area contributed by atoms with E-state index in [1.54, 1.807) is 0 Å². The smallest absolute Gasteiger partial charge is 0.241 e. The van der Waals surface area contributed by atoms with Crippen molar-refractivity contribution in [1.82, 2.24) is 9.80 Å². The van der Waals surface area contributed by atoms with E-state index in [4.69, 9.17) is 0 Å². The van der Waals surface area contributed by atoms with Gasteiger partial charge >= 0.3 is 5.91 Å². The van der Waals surface area contributed by atoms with Gasteiger partial charge in [-0.2, -0.15) is 9.80 Å². The van der Waals surface area contributed by atoms with E-state index in [1.165, 1.54) is 48.2 Å². The number of likely N-dealkylation sites (N-methyl/N-ethyl adjacent to an activating group) is 2. The Labute approximate surface area is 170 Å². The highest BCUT2D eigenvalue weighted by atomic mass is 15.9. The minimum absolute atomic E-state index is 0.00231. The molecule has 160 valence electrons. The van der Waals surface area contributed by atoms with Gasteiger partial charge in [-0.3, -0.25) is 0 Å². The molecule has 1 atom stereocenters. The second kappa shape index (κ2) is 6.97. The van der Waals surface area contributed by atoms with Crippen molar-refractivity contribution in [2.75, 3.05) is 39.3 Å². The number of rotatable bonds is 6. The lowest BCUT2D eigenvalue weighted by molar-refractivity contribution is -1.19. The summed E-state index contributed by atoms with van der Waals surface area (Å²) in [7, 11) is 0. The summed E-state index contributed by atoms with van der Waals surface area (Å²) in [4.78, 5) is 5.87. The third kappa shape index (κ3) is 2.55. The summed E-state index contributed by atoms with van der Waals surface area (Å²) in [5, 5.41) is 0. The van der Waals surface area contributed by atoms with Gasteiger partial charge in [-0.15, -0.1) is 0 Å². The third-order valence-corrected chi connectivity index (χ3v) is 8.41. The minimum atomic E-state index is 0.00231. The van der Waals surface area contributed by atoms with Crippen molar-refractivity contribution in [2.45, 2.75) is 112 Å². The zero-order chi connectivity index (χ0) is 21.1. The zero-order valence-electron chi connectivity index (χ0n) is 20.7. The maximum Gasteiger partial charge on any atom is 0.358 e. The number of nitrogens with zero attached hydrogens (tertiary/aromatic N) is 4. The first-order chi connectivity index (χ1) is 12.3. The Morgan fingerprint density at radius 1 is 0.778 bits per heavy atom. The molecule has 0 radical (unpaired) electrons. The van der Waals surface area contributed by atoms with Gasteiger partial charge in [0.1, 0.15) is 12.1 Å². The number of quaternary nitrogens is 2. The quantitative estimate of drug-likeness (QED) is 0.631. The summed E-state index contributed by atoms with van der Waals surface area (Å²) in [6.07, 6.45) is 0. The highest BCUT2D eigenvalue weighted by molar-refractivity contribution is 5.03. The molecular weight excluding hydrogens is 332 g/mol. The normalized spacial score (nSPS) is 32.2. The molecule has 0 bridgehead atoms. The first-order valence-corrected chi connectivity index (χ1v) is 11.6. The molecule has 4 heteroatoms. The predicted octanol–water partition coefficient (Wildman–Crippen LogP) is 4.32. The topological polar surface area (TPSA) is 6.48 Å². The molecule has 0 N–H and O–H groups in total. The Morgan fingerprint density at radius 3 is 1.59 bits per heavy atom. The molecule has 2 aliphatic heterocycles. The Balaban J connectivity index is 3.03. The molecule has 1 unspecified atom stereocenters. The molecule has 2 aliphatic rings. The van der Waals surface area contributed by atoms with E-state index >= 15 is 0 Å². The van der Waals surface area contributed by atoms with Gasteiger partial charge in [-0.25, -0.2) is 8.97 Å². The molecule has 2 rings (SSSR count). The van der Waals surface area contributed by atoms with Crippen LogP contribution in [0.5, 0.6) is 0 Å². The van der Waals surface area contributed by atoms with Gasteiger partial charge in [0.15, 0.2) is 0 Å². The summed E-state index contributed by atoms with van der Waals surface area (Å²) >= 11 is 0. The summed E-state index contributed by atoms with van der Waals surface area (Å²) in [5.41, 5.74) is 0.413. The highest BCUT2D eigenvalue weighted by Crippen LogP contribution is 2.59. The van der Waals surface area contributed by atoms with E-state index in [1.807, 2.05) is 0 Å². The van der Waals surface area contributed by atoms with Gasteiger partial charge in [0.2, 0.25) is 0 Å². The summed E-state index contributed by atoms with van der Waals surface area (Å²) in [6, 6.07) is 1.05. The van der Waals surface area contributed by atoms with E-state index in [2.05, 4.69) is 92.9 Å². The van der Waals surface area contributed by atoms with Crippen molar-refractivity contribution < 1.29 is 8.97 Å². The minimum Gasteiger partial charge on any atom is -0.241 e. The van der Waals surface area contributed by atoms with Crippen molar-refractivity contribution in [2.24, 2.45) is 0 Å². The van der Waals surface area contributed by atoms with Crippen LogP contribution in [-0.2, 0) is 0 Å². The molecule has 1 spiro atoms. The van der Waals surface area contributed by atoms with E-state index in [9.17, 15) is 0 Å². The SMILES string of the molecule is CC[N+]1(CC)CC(C)(C)N(C(C)C)C12N(C(C)C)CC(C)(C)[N+]2(CC)CC. The number of hydrogen-bond acceptors (Lipinski definition) is 2. The Kier molecular flexibility index (Phi) is 5.97. The van der Waals surface area contributed by atoms with Gasteiger partial charge in [0.05, 0.1) is 38.3 Å². The van der Waals surface area contributed by atoms with Crippen LogP contribution in [0.1, 0.15) is 83.1 Å². The van der Waals surface area contributed by atoms with Crippen LogP contribution in [0.15, 0.2) is 0 Å². The molecule has 0 aromatic heterocycles. The maximum absolute atomic E-state index is 2.95. The summed E-state index contributed by atoms with van der Waals surface area (Å²) in [6.45, 7) is 36.7. The lowest BCUT2D eigenvalue weighted by atomic mass is 9.99. The summed E-state index contributed by atoms with van der Waals surface area (Å²) in [5.74, 6) is 0.00231. The fourth-order valence-electron chi connectivity index (χ4n) is 7.84. The van der Waals surface area contributed by atoms with E-state index in [-0.39, 0.29) is 17.0 Å². The average molecular weight is 383 g/mol. The first-order valence-electron chi connectivity index (χ1n) is 11.6. The van der Waals surface area contributed by atoms with E-state index in [0.29, 0.717) is 12.1 Å². The summed E-state index contributed by atoms with van der Waals surface area (Å²) < 4.78 is 2.35. The van der Waals surface area contributed by atoms with Crippen molar-refractivity contribution in [1.29, 1.82) is 0 Å².